The van der Waals surface area contributed by atoms with Crippen molar-refractivity contribution in [3.8, 4) is 17.4 Å². The number of hydrogen-bond acceptors (Lipinski definition) is 8. The summed E-state index contributed by atoms with van der Waals surface area (Å²) < 4.78 is 12.5. The van der Waals surface area contributed by atoms with Crippen LogP contribution in [0.4, 0.5) is 23.0 Å². The molecule has 11 heteroatoms. The van der Waals surface area contributed by atoms with Crippen molar-refractivity contribution in [2.75, 3.05) is 48.8 Å². The number of piperazine rings is 1. The second kappa shape index (κ2) is 13.8. The van der Waals surface area contributed by atoms with Crippen LogP contribution in [-0.4, -0.2) is 60.1 Å². The zero-order valence-electron chi connectivity index (χ0n) is 25.4. The van der Waals surface area contributed by atoms with Gasteiger partial charge in [0.15, 0.2) is 11.5 Å². The monoisotopic (exact) mass is 678 g/mol. The molecule has 1 aromatic heterocycles. The van der Waals surface area contributed by atoms with E-state index in [4.69, 9.17) is 21.1 Å². The van der Waals surface area contributed by atoms with Gasteiger partial charge in [-0.15, -0.1) is 0 Å². The number of nitrogens with zero attached hydrogens (tertiary/aromatic N) is 4. The third kappa shape index (κ3) is 7.26. The van der Waals surface area contributed by atoms with E-state index in [0.717, 1.165) is 53.2 Å². The lowest BCUT2D eigenvalue weighted by Crippen LogP contribution is -2.49. The fourth-order valence-corrected chi connectivity index (χ4v) is 5.77. The summed E-state index contributed by atoms with van der Waals surface area (Å²) in [7, 11) is 1.55. The maximum Gasteiger partial charge on any atom is 0.262 e. The largest absolute Gasteiger partial charge is 0.493 e. The predicted molar refractivity (Wildman–Crippen MR) is 180 cm³/mol. The molecule has 1 aliphatic heterocycles. The molecule has 230 valence electrons. The van der Waals surface area contributed by atoms with E-state index in [0.29, 0.717) is 28.3 Å². The Morgan fingerprint density at radius 3 is 2.39 bits per heavy atom. The van der Waals surface area contributed by atoms with Crippen molar-refractivity contribution >= 4 is 56.4 Å². The van der Waals surface area contributed by atoms with Crippen LogP contribution in [0.25, 0.3) is 0 Å². The van der Waals surface area contributed by atoms with E-state index >= 15 is 0 Å². The predicted octanol–water partition coefficient (Wildman–Crippen LogP) is 7.84. The van der Waals surface area contributed by atoms with Crippen molar-refractivity contribution in [1.82, 2.24) is 14.9 Å². The van der Waals surface area contributed by atoms with Gasteiger partial charge in [-0.05, 0) is 75.2 Å². The first kappa shape index (κ1) is 31.6. The van der Waals surface area contributed by atoms with Crippen molar-refractivity contribution in [1.29, 1.82) is 0 Å². The Bertz CT molecular complexity index is 1640. The number of rotatable bonds is 9. The summed E-state index contributed by atoms with van der Waals surface area (Å²) in [5.41, 5.74) is 4.48. The Labute approximate surface area is 271 Å². The molecule has 1 saturated heterocycles. The van der Waals surface area contributed by atoms with Gasteiger partial charge in [0.2, 0.25) is 11.8 Å². The highest BCUT2D eigenvalue weighted by Gasteiger charge is 2.22. The molecule has 0 spiro atoms. The number of halogens is 2. The lowest BCUT2D eigenvalue weighted by atomic mass is 10.1. The lowest BCUT2D eigenvalue weighted by molar-refractivity contribution is 0.102. The van der Waals surface area contributed by atoms with Crippen LogP contribution in [0.15, 0.2) is 65.3 Å². The highest BCUT2D eigenvalue weighted by atomic mass is 79.9. The minimum absolute atomic E-state index is 0.0672. The third-order valence-electron chi connectivity index (χ3n) is 7.64. The average molecular weight is 680 g/mol. The third-order valence-corrected chi connectivity index (χ3v) is 8.44. The van der Waals surface area contributed by atoms with Crippen molar-refractivity contribution in [2.45, 2.75) is 33.7 Å². The topological polar surface area (TPSA) is 91.9 Å². The van der Waals surface area contributed by atoms with E-state index in [1.165, 1.54) is 6.20 Å². The molecule has 3 aromatic carbocycles. The van der Waals surface area contributed by atoms with Gasteiger partial charge in [0, 0.05) is 54.3 Å². The molecule has 44 heavy (non-hydrogen) atoms. The molecule has 0 radical (unpaired) electrons. The summed E-state index contributed by atoms with van der Waals surface area (Å²) in [6.45, 7) is 12.2. The number of amides is 1. The molecule has 1 fully saturated rings. The molecule has 1 aliphatic rings. The number of aromatic nitrogens is 2. The number of anilines is 4. The van der Waals surface area contributed by atoms with Crippen molar-refractivity contribution in [3.63, 3.8) is 0 Å². The first-order chi connectivity index (χ1) is 21.1. The van der Waals surface area contributed by atoms with E-state index in [1.807, 2.05) is 56.3 Å². The van der Waals surface area contributed by atoms with Crippen LogP contribution >= 0.6 is 27.5 Å². The summed E-state index contributed by atoms with van der Waals surface area (Å²) in [5, 5.41) is 6.84. The second-order valence-electron chi connectivity index (χ2n) is 10.9. The van der Waals surface area contributed by atoms with Crippen LogP contribution in [0.1, 0.15) is 35.3 Å². The molecular formula is C33H36BrClN6O3. The van der Waals surface area contributed by atoms with Gasteiger partial charge in [0.05, 0.1) is 17.8 Å². The molecule has 4 aromatic rings. The second-order valence-corrected chi connectivity index (χ2v) is 12.3. The van der Waals surface area contributed by atoms with Crippen molar-refractivity contribution in [2.24, 2.45) is 0 Å². The zero-order chi connectivity index (χ0) is 31.4. The van der Waals surface area contributed by atoms with Crippen LogP contribution in [0, 0.1) is 13.8 Å². The number of para-hydroxylation sites is 1. The van der Waals surface area contributed by atoms with Gasteiger partial charge < -0.3 is 25.0 Å². The van der Waals surface area contributed by atoms with Gasteiger partial charge in [0.25, 0.3) is 5.91 Å². The van der Waals surface area contributed by atoms with E-state index in [1.54, 1.807) is 19.2 Å². The number of methoxy groups -OCH3 is 1. The van der Waals surface area contributed by atoms with Gasteiger partial charge in [-0.3, -0.25) is 9.69 Å². The summed E-state index contributed by atoms with van der Waals surface area (Å²) in [5.74, 6) is 0.785. The van der Waals surface area contributed by atoms with Crippen LogP contribution in [0.3, 0.4) is 0 Å². The SMILES string of the molecule is COc1cc(Br)ccc1Oc1nc(Nc2ccc(N3CCN(C(C)C)CC3)c(Cl)c2)ncc1C(=O)Nc1c(C)cccc1C. The molecule has 2 heterocycles. The molecule has 5 rings (SSSR count). The maximum absolute atomic E-state index is 13.5. The van der Waals surface area contributed by atoms with Crippen LogP contribution < -0.4 is 25.0 Å². The smallest absolute Gasteiger partial charge is 0.262 e. The maximum atomic E-state index is 13.5. The van der Waals surface area contributed by atoms with E-state index in [9.17, 15) is 4.79 Å². The average Bonchev–Trinajstić information content (AvgIpc) is 3.00. The van der Waals surface area contributed by atoms with Gasteiger partial charge in [-0.25, -0.2) is 4.98 Å². The van der Waals surface area contributed by atoms with Crippen LogP contribution in [-0.2, 0) is 0 Å². The zero-order valence-corrected chi connectivity index (χ0v) is 27.8. The quantitative estimate of drug-likeness (QED) is 0.185. The molecule has 0 bridgehead atoms. The molecule has 0 atom stereocenters. The van der Waals surface area contributed by atoms with Crippen LogP contribution in [0.2, 0.25) is 5.02 Å². The summed E-state index contributed by atoms with van der Waals surface area (Å²) >= 11 is 10.2. The summed E-state index contributed by atoms with van der Waals surface area (Å²) in [6, 6.07) is 17.5. The first-order valence-corrected chi connectivity index (χ1v) is 15.6. The fourth-order valence-electron chi connectivity index (χ4n) is 5.13. The molecule has 1 amide bonds. The van der Waals surface area contributed by atoms with E-state index in [2.05, 4.69) is 60.2 Å². The first-order valence-electron chi connectivity index (χ1n) is 14.4. The van der Waals surface area contributed by atoms with Gasteiger partial charge in [-0.2, -0.15) is 4.98 Å². The van der Waals surface area contributed by atoms with Gasteiger partial charge in [0.1, 0.15) is 5.56 Å². The highest BCUT2D eigenvalue weighted by Crippen LogP contribution is 2.36. The summed E-state index contributed by atoms with van der Waals surface area (Å²) in [6.07, 6.45) is 1.45. The Morgan fingerprint density at radius 1 is 1.00 bits per heavy atom. The number of carbonyl (C=O) groups is 1. The number of nitrogens with one attached hydrogen (secondary N) is 2. The standard InChI is InChI=1S/C33H36BrClN6O3/c1-20(2)40-13-15-41(16-14-40)27-11-10-24(18-26(27)35)37-33-36-19-25(31(42)38-30-21(3)7-6-8-22(30)4)32(39-33)44-28-12-9-23(34)17-29(28)43-5/h6-12,17-20H,13-16H2,1-5H3,(H,38,42)(H,36,37,39). The highest BCUT2D eigenvalue weighted by molar-refractivity contribution is 9.10. The molecule has 9 nitrogen and oxygen atoms in total. The van der Waals surface area contributed by atoms with Crippen molar-refractivity contribution < 1.29 is 14.3 Å². The molecule has 2 N–H and O–H groups in total. The molecule has 0 aliphatic carbocycles. The number of benzene rings is 3. The Balaban J connectivity index is 1.42. The van der Waals surface area contributed by atoms with E-state index in [-0.39, 0.29) is 17.4 Å². The molecular weight excluding hydrogens is 644 g/mol. The number of aryl methyl sites for hydroxylation is 2. The number of carbonyl (C=O) groups excluding carboxylic acids is 1. The normalized spacial score (nSPS) is 13.6. The van der Waals surface area contributed by atoms with Crippen molar-refractivity contribution in [3.05, 3.63) is 87.0 Å². The molecule has 0 saturated carbocycles. The number of hydrogen-bond donors (Lipinski definition) is 2. The van der Waals surface area contributed by atoms with Crippen LogP contribution in [0.5, 0.6) is 17.4 Å². The van der Waals surface area contributed by atoms with Gasteiger partial charge >= 0.3 is 0 Å². The molecule has 0 unspecified atom stereocenters. The Hall–Kier alpha value is -3.86. The summed E-state index contributed by atoms with van der Waals surface area (Å²) in [4.78, 5) is 27.4. The fraction of sp³-hybridized carbons (Fsp3) is 0.303. The minimum Gasteiger partial charge on any atom is -0.493 e. The van der Waals surface area contributed by atoms with Gasteiger partial charge in [-0.1, -0.05) is 45.7 Å². The minimum atomic E-state index is -0.398. The van der Waals surface area contributed by atoms with E-state index < -0.39 is 5.91 Å². The Kier molecular flexibility index (Phi) is 9.93. The lowest BCUT2D eigenvalue weighted by Gasteiger charge is -2.38. The Morgan fingerprint density at radius 2 is 1.73 bits per heavy atom. The number of ether oxygens (including phenoxy) is 2.